The van der Waals surface area contributed by atoms with E-state index in [1.807, 2.05) is 0 Å². The van der Waals surface area contributed by atoms with Gasteiger partial charge in [0.15, 0.2) is 0 Å². The second-order valence-electron chi connectivity index (χ2n) is 5.57. The number of rotatable bonds is 4. The summed E-state index contributed by atoms with van der Waals surface area (Å²) in [5.74, 6) is -3.26. The van der Waals surface area contributed by atoms with Gasteiger partial charge >= 0.3 is 11.8 Å². The molecule has 2 rings (SSSR count). The maximum absolute atomic E-state index is 14.4. The van der Waals surface area contributed by atoms with Gasteiger partial charge in [0.25, 0.3) is 5.91 Å². The molecule has 2 N–H and O–H groups in total. The van der Waals surface area contributed by atoms with Crippen molar-refractivity contribution in [2.24, 2.45) is 7.05 Å². The van der Waals surface area contributed by atoms with E-state index < -0.39 is 23.5 Å². The molecule has 0 radical (unpaired) electrons. The summed E-state index contributed by atoms with van der Waals surface area (Å²) in [6, 6.07) is 1.03. The van der Waals surface area contributed by atoms with E-state index in [2.05, 4.69) is 42.1 Å². The molecule has 0 aliphatic carbocycles. The number of benzene rings is 1. The molecule has 27 heavy (non-hydrogen) atoms. The predicted octanol–water partition coefficient (Wildman–Crippen LogP) is 1.09. The molecule has 0 aliphatic heterocycles. The van der Waals surface area contributed by atoms with Gasteiger partial charge in [-0.2, -0.15) is 0 Å². The molecule has 12 heteroatoms. The van der Waals surface area contributed by atoms with Crippen molar-refractivity contribution in [3.8, 4) is 0 Å². The molecule has 0 bridgehead atoms. The number of aryl methyl sites for hydroxylation is 1. The van der Waals surface area contributed by atoms with Gasteiger partial charge in [-0.05, 0) is 51.8 Å². The molecule has 0 unspecified atom stereocenters. The van der Waals surface area contributed by atoms with Crippen LogP contribution < -0.4 is 10.6 Å². The number of nitrogens with zero attached hydrogens (tertiary/aromatic N) is 5. The first-order valence-electron chi connectivity index (χ1n) is 7.76. The third-order valence-corrected chi connectivity index (χ3v) is 4.43. The number of anilines is 2. The fourth-order valence-electron chi connectivity index (χ4n) is 2.15. The highest BCUT2D eigenvalue weighted by Crippen LogP contribution is 2.31. The van der Waals surface area contributed by atoms with Crippen molar-refractivity contribution in [3.63, 3.8) is 0 Å². The Morgan fingerprint density at radius 2 is 2.00 bits per heavy atom. The molecule has 0 saturated heterocycles. The zero-order chi connectivity index (χ0) is 20.3. The standard InChI is InChI=1S/C15H17BrFN7O3/c1-5-23(3)14(27)13(26)18-11-7(2)10(9(17)6-8(11)16)12(25)19-15-20-21-22-24(15)4/h6H,5H2,1-4H3,(H,18,26)(H,19,20,22,25). The summed E-state index contributed by atoms with van der Waals surface area (Å²) in [6.07, 6.45) is 0. The second kappa shape index (κ2) is 8.20. The molecule has 0 saturated carbocycles. The number of nitrogens with one attached hydrogen (secondary N) is 2. The molecule has 10 nitrogen and oxygen atoms in total. The summed E-state index contributed by atoms with van der Waals surface area (Å²) in [5.41, 5.74) is -0.0666. The van der Waals surface area contributed by atoms with Crippen LogP contribution in [-0.4, -0.2) is 56.4 Å². The highest BCUT2D eigenvalue weighted by molar-refractivity contribution is 9.10. The van der Waals surface area contributed by atoms with Gasteiger partial charge in [0, 0.05) is 25.1 Å². The fourth-order valence-corrected chi connectivity index (χ4v) is 2.75. The Hall–Kier alpha value is -2.89. The van der Waals surface area contributed by atoms with Gasteiger partial charge in [-0.3, -0.25) is 19.7 Å². The Kier molecular flexibility index (Phi) is 6.20. The minimum absolute atomic E-state index is 0.0204. The van der Waals surface area contributed by atoms with Crippen LogP contribution in [0.25, 0.3) is 0 Å². The van der Waals surface area contributed by atoms with Crippen LogP contribution in [0.1, 0.15) is 22.8 Å². The normalized spacial score (nSPS) is 10.4. The number of hydrogen-bond donors (Lipinski definition) is 2. The third kappa shape index (κ3) is 4.27. The zero-order valence-corrected chi connectivity index (χ0v) is 16.6. The number of aromatic nitrogens is 4. The lowest BCUT2D eigenvalue weighted by Crippen LogP contribution is -2.37. The Labute approximate surface area is 162 Å². The highest BCUT2D eigenvalue weighted by atomic mass is 79.9. The van der Waals surface area contributed by atoms with Crippen molar-refractivity contribution < 1.29 is 18.8 Å². The van der Waals surface area contributed by atoms with Crippen molar-refractivity contribution in [2.45, 2.75) is 13.8 Å². The van der Waals surface area contributed by atoms with E-state index in [0.717, 1.165) is 6.07 Å². The number of amides is 3. The van der Waals surface area contributed by atoms with Gasteiger partial charge in [0.05, 0.1) is 11.3 Å². The lowest BCUT2D eigenvalue weighted by molar-refractivity contribution is -0.142. The van der Waals surface area contributed by atoms with Gasteiger partial charge in [-0.1, -0.05) is 5.10 Å². The van der Waals surface area contributed by atoms with E-state index in [9.17, 15) is 18.8 Å². The molecule has 1 aromatic heterocycles. The first kappa shape index (κ1) is 20.4. The average molecular weight is 442 g/mol. The Bertz CT molecular complexity index is 915. The number of carbonyl (C=O) groups is 3. The summed E-state index contributed by atoms with van der Waals surface area (Å²) in [4.78, 5) is 37.8. The van der Waals surface area contributed by atoms with E-state index in [1.165, 1.54) is 30.6 Å². The molecule has 0 spiro atoms. The van der Waals surface area contributed by atoms with E-state index in [-0.39, 0.29) is 27.2 Å². The van der Waals surface area contributed by atoms with Crippen LogP contribution >= 0.6 is 15.9 Å². The van der Waals surface area contributed by atoms with Crippen LogP contribution in [0.3, 0.4) is 0 Å². The van der Waals surface area contributed by atoms with E-state index in [4.69, 9.17) is 0 Å². The Morgan fingerprint density at radius 1 is 1.33 bits per heavy atom. The number of tetrazole rings is 1. The molecule has 0 fully saturated rings. The summed E-state index contributed by atoms with van der Waals surface area (Å²) in [7, 11) is 2.98. The lowest BCUT2D eigenvalue weighted by Gasteiger charge is -2.17. The molecule has 0 aliphatic rings. The van der Waals surface area contributed by atoms with Crippen molar-refractivity contribution in [1.82, 2.24) is 25.1 Å². The van der Waals surface area contributed by atoms with E-state index in [0.29, 0.717) is 6.54 Å². The summed E-state index contributed by atoms with van der Waals surface area (Å²) in [5, 5.41) is 15.3. The zero-order valence-electron chi connectivity index (χ0n) is 15.0. The smallest absolute Gasteiger partial charge is 0.313 e. The topological polar surface area (TPSA) is 122 Å². The summed E-state index contributed by atoms with van der Waals surface area (Å²) < 4.78 is 15.8. The maximum Gasteiger partial charge on any atom is 0.313 e. The molecular weight excluding hydrogens is 425 g/mol. The van der Waals surface area contributed by atoms with Gasteiger partial charge in [0.2, 0.25) is 5.95 Å². The number of halogens is 2. The van der Waals surface area contributed by atoms with Crippen molar-refractivity contribution in [2.75, 3.05) is 24.2 Å². The Morgan fingerprint density at radius 3 is 2.56 bits per heavy atom. The first-order chi connectivity index (χ1) is 12.7. The molecule has 2 aromatic rings. The highest BCUT2D eigenvalue weighted by Gasteiger charge is 2.25. The van der Waals surface area contributed by atoms with Crippen LogP contribution in [0.4, 0.5) is 16.0 Å². The minimum Gasteiger partial charge on any atom is -0.338 e. The van der Waals surface area contributed by atoms with E-state index in [1.54, 1.807) is 6.92 Å². The fraction of sp³-hybridized carbons (Fsp3) is 0.333. The van der Waals surface area contributed by atoms with Crippen LogP contribution in [0, 0.1) is 12.7 Å². The first-order valence-corrected chi connectivity index (χ1v) is 8.55. The average Bonchev–Trinajstić information content (AvgIpc) is 3.01. The SMILES string of the molecule is CCN(C)C(=O)C(=O)Nc1c(Br)cc(F)c(C(=O)Nc2nnnn2C)c1C. The molecule has 1 aromatic carbocycles. The molecule has 0 atom stereocenters. The Balaban J connectivity index is 2.36. The number of hydrogen-bond acceptors (Lipinski definition) is 6. The largest absolute Gasteiger partial charge is 0.338 e. The van der Waals surface area contributed by atoms with Crippen LogP contribution in [-0.2, 0) is 16.6 Å². The molecule has 144 valence electrons. The molecular formula is C15H17BrFN7O3. The second-order valence-corrected chi connectivity index (χ2v) is 6.42. The molecule has 1 heterocycles. The van der Waals surface area contributed by atoms with Crippen LogP contribution in [0.5, 0.6) is 0 Å². The summed E-state index contributed by atoms with van der Waals surface area (Å²) >= 11 is 3.14. The minimum atomic E-state index is -0.904. The maximum atomic E-state index is 14.4. The third-order valence-electron chi connectivity index (χ3n) is 3.81. The monoisotopic (exact) mass is 441 g/mol. The van der Waals surface area contributed by atoms with Gasteiger partial charge in [-0.25, -0.2) is 9.07 Å². The summed E-state index contributed by atoms with van der Waals surface area (Å²) in [6.45, 7) is 3.50. The molecule has 3 amide bonds. The predicted molar refractivity (Wildman–Crippen MR) is 97.5 cm³/mol. The van der Waals surface area contributed by atoms with Gasteiger partial charge in [-0.15, -0.1) is 0 Å². The van der Waals surface area contributed by atoms with Gasteiger partial charge < -0.3 is 10.2 Å². The number of likely N-dealkylation sites (N-methyl/N-ethyl adjacent to an activating group) is 1. The van der Waals surface area contributed by atoms with Gasteiger partial charge in [0.1, 0.15) is 5.82 Å². The van der Waals surface area contributed by atoms with Crippen molar-refractivity contribution in [3.05, 3.63) is 27.5 Å². The van der Waals surface area contributed by atoms with Crippen molar-refractivity contribution in [1.29, 1.82) is 0 Å². The van der Waals surface area contributed by atoms with Crippen LogP contribution in [0.15, 0.2) is 10.5 Å². The quantitative estimate of drug-likeness (QED) is 0.684. The lowest BCUT2D eigenvalue weighted by atomic mass is 10.0. The van der Waals surface area contributed by atoms with Crippen LogP contribution in [0.2, 0.25) is 0 Å². The van der Waals surface area contributed by atoms with E-state index >= 15 is 0 Å². The van der Waals surface area contributed by atoms with Crippen molar-refractivity contribution >= 4 is 45.3 Å². The number of carbonyl (C=O) groups excluding carboxylic acids is 3.